The van der Waals surface area contributed by atoms with E-state index in [0.29, 0.717) is 4.47 Å². The van der Waals surface area contributed by atoms with Crippen LogP contribution in [0.1, 0.15) is 23.2 Å². The molecule has 2 amide bonds. The van der Waals surface area contributed by atoms with E-state index in [2.05, 4.69) is 26.6 Å². The van der Waals surface area contributed by atoms with Gasteiger partial charge in [0.25, 0.3) is 0 Å². The Morgan fingerprint density at radius 1 is 1.35 bits per heavy atom. The van der Waals surface area contributed by atoms with E-state index in [4.69, 9.17) is 5.11 Å². The van der Waals surface area contributed by atoms with Crippen LogP contribution in [0.15, 0.2) is 22.7 Å². The first kappa shape index (κ1) is 11.9. The van der Waals surface area contributed by atoms with Crippen LogP contribution in [-0.2, 0) is 0 Å². The normalized spacial score (nSPS) is 14.2. The summed E-state index contributed by atoms with van der Waals surface area (Å²) in [5.74, 6) is -1.08. The minimum Gasteiger partial charge on any atom is -0.478 e. The molecule has 0 bridgehead atoms. The highest BCUT2D eigenvalue weighted by Crippen LogP contribution is 2.27. The molecule has 0 aromatic heterocycles. The van der Waals surface area contributed by atoms with Crippen LogP contribution in [-0.4, -0.2) is 23.1 Å². The zero-order chi connectivity index (χ0) is 12.4. The van der Waals surface area contributed by atoms with E-state index in [0.717, 1.165) is 12.8 Å². The molecular formula is C11H11BrN2O3. The third-order valence-electron chi connectivity index (χ3n) is 2.40. The van der Waals surface area contributed by atoms with Crippen LogP contribution in [0.25, 0.3) is 0 Å². The molecule has 5 nitrogen and oxygen atoms in total. The number of halogens is 1. The van der Waals surface area contributed by atoms with Crippen LogP contribution < -0.4 is 10.6 Å². The van der Waals surface area contributed by atoms with E-state index >= 15 is 0 Å². The summed E-state index contributed by atoms with van der Waals surface area (Å²) >= 11 is 3.22. The fourth-order valence-corrected chi connectivity index (χ4v) is 1.86. The molecule has 90 valence electrons. The van der Waals surface area contributed by atoms with Crippen molar-refractivity contribution in [1.82, 2.24) is 5.32 Å². The summed E-state index contributed by atoms with van der Waals surface area (Å²) in [6, 6.07) is 4.59. The van der Waals surface area contributed by atoms with Gasteiger partial charge in [0.2, 0.25) is 0 Å². The van der Waals surface area contributed by atoms with Crippen LogP contribution in [0.3, 0.4) is 0 Å². The molecule has 0 aliphatic heterocycles. The fraction of sp³-hybridized carbons (Fsp3) is 0.273. The molecule has 0 heterocycles. The monoisotopic (exact) mass is 298 g/mol. The number of hydrogen-bond acceptors (Lipinski definition) is 2. The van der Waals surface area contributed by atoms with Crippen LogP contribution in [0.4, 0.5) is 10.5 Å². The third-order valence-corrected chi connectivity index (χ3v) is 3.06. The van der Waals surface area contributed by atoms with Gasteiger partial charge in [0.15, 0.2) is 0 Å². The number of benzene rings is 1. The van der Waals surface area contributed by atoms with Crippen LogP contribution in [0.5, 0.6) is 0 Å². The zero-order valence-corrected chi connectivity index (χ0v) is 10.5. The Bertz CT molecular complexity index is 472. The lowest BCUT2D eigenvalue weighted by Gasteiger charge is -2.11. The summed E-state index contributed by atoms with van der Waals surface area (Å²) in [7, 11) is 0. The zero-order valence-electron chi connectivity index (χ0n) is 8.87. The van der Waals surface area contributed by atoms with Gasteiger partial charge in [-0.3, -0.25) is 0 Å². The molecular weight excluding hydrogens is 288 g/mol. The van der Waals surface area contributed by atoms with E-state index in [1.165, 1.54) is 6.07 Å². The van der Waals surface area contributed by atoms with Crippen molar-refractivity contribution in [1.29, 1.82) is 0 Å². The molecule has 6 heteroatoms. The third kappa shape index (κ3) is 2.97. The molecule has 1 saturated carbocycles. The maximum absolute atomic E-state index is 11.6. The van der Waals surface area contributed by atoms with Gasteiger partial charge >= 0.3 is 12.0 Å². The number of carboxylic acid groups (broad SMARTS) is 1. The molecule has 0 spiro atoms. The average molecular weight is 299 g/mol. The summed E-state index contributed by atoms with van der Waals surface area (Å²) in [6.07, 6.45) is 1.96. The van der Waals surface area contributed by atoms with Gasteiger partial charge < -0.3 is 15.7 Å². The highest BCUT2D eigenvalue weighted by molar-refractivity contribution is 9.10. The number of rotatable bonds is 3. The molecule has 0 atom stereocenters. The molecule has 3 N–H and O–H groups in total. The molecule has 1 fully saturated rings. The molecule has 0 radical (unpaired) electrons. The number of urea groups is 1. The fourth-order valence-electron chi connectivity index (χ4n) is 1.39. The van der Waals surface area contributed by atoms with Crippen molar-refractivity contribution in [2.45, 2.75) is 18.9 Å². The predicted molar refractivity (Wildman–Crippen MR) is 66.3 cm³/mol. The molecule has 1 aliphatic carbocycles. The minimum absolute atomic E-state index is 0.0605. The van der Waals surface area contributed by atoms with Crippen molar-refractivity contribution in [2.75, 3.05) is 5.32 Å². The SMILES string of the molecule is O=C(Nc1c(Br)cccc1C(=O)O)NC1CC1. The smallest absolute Gasteiger partial charge is 0.337 e. The second-order valence-electron chi connectivity index (χ2n) is 3.84. The van der Waals surface area contributed by atoms with E-state index in [1.807, 2.05) is 0 Å². The first-order valence-corrected chi connectivity index (χ1v) is 5.96. The summed E-state index contributed by atoms with van der Waals surface area (Å²) in [5.41, 5.74) is 0.337. The van der Waals surface area contributed by atoms with Gasteiger partial charge in [0.05, 0.1) is 11.3 Å². The van der Waals surface area contributed by atoms with Crippen molar-refractivity contribution in [3.05, 3.63) is 28.2 Å². The van der Waals surface area contributed by atoms with E-state index in [-0.39, 0.29) is 23.3 Å². The first-order valence-electron chi connectivity index (χ1n) is 5.17. The maximum Gasteiger partial charge on any atom is 0.337 e. The Balaban J connectivity index is 2.17. The number of carbonyl (C=O) groups excluding carboxylic acids is 1. The lowest BCUT2D eigenvalue weighted by atomic mass is 10.2. The molecule has 2 rings (SSSR count). The highest BCUT2D eigenvalue weighted by atomic mass is 79.9. The average Bonchev–Trinajstić information content (AvgIpc) is 3.04. The number of hydrogen-bond donors (Lipinski definition) is 3. The van der Waals surface area contributed by atoms with Crippen molar-refractivity contribution in [3.63, 3.8) is 0 Å². The number of para-hydroxylation sites is 1. The Hall–Kier alpha value is -1.56. The Morgan fingerprint density at radius 2 is 2.06 bits per heavy atom. The van der Waals surface area contributed by atoms with Gasteiger partial charge in [-0.1, -0.05) is 6.07 Å². The van der Waals surface area contributed by atoms with Crippen molar-refractivity contribution in [3.8, 4) is 0 Å². The summed E-state index contributed by atoms with van der Waals surface area (Å²) < 4.78 is 0.545. The molecule has 0 saturated heterocycles. The van der Waals surface area contributed by atoms with Gasteiger partial charge in [0.1, 0.15) is 0 Å². The van der Waals surface area contributed by atoms with Crippen molar-refractivity contribution < 1.29 is 14.7 Å². The van der Waals surface area contributed by atoms with Crippen LogP contribution in [0, 0.1) is 0 Å². The number of amides is 2. The number of anilines is 1. The number of aromatic carboxylic acids is 1. The Kier molecular flexibility index (Phi) is 3.33. The quantitative estimate of drug-likeness (QED) is 0.802. The summed E-state index contributed by atoms with van der Waals surface area (Å²) in [6.45, 7) is 0. The molecule has 17 heavy (non-hydrogen) atoms. The second-order valence-corrected chi connectivity index (χ2v) is 4.69. The van der Waals surface area contributed by atoms with Gasteiger partial charge in [-0.2, -0.15) is 0 Å². The number of carboxylic acids is 1. The predicted octanol–water partition coefficient (Wildman–Crippen LogP) is 2.43. The minimum atomic E-state index is -1.08. The number of carbonyl (C=O) groups is 2. The van der Waals surface area contributed by atoms with Gasteiger partial charge in [-0.05, 0) is 40.9 Å². The largest absolute Gasteiger partial charge is 0.478 e. The topological polar surface area (TPSA) is 78.4 Å². The lowest BCUT2D eigenvalue weighted by molar-refractivity contribution is 0.0698. The van der Waals surface area contributed by atoms with Crippen LogP contribution >= 0.6 is 15.9 Å². The molecule has 0 unspecified atom stereocenters. The lowest BCUT2D eigenvalue weighted by Crippen LogP contribution is -2.31. The first-order chi connectivity index (χ1) is 8.08. The maximum atomic E-state index is 11.6. The van der Waals surface area contributed by atoms with Crippen LogP contribution in [0.2, 0.25) is 0 Å². The molecule has 1 aromatic carbocycles. The van der Waals surface area contributed by atoms with Crippen molar-refractivity contribution >= 4 is 33.6 Å². The van der Waals surface area contributed by atoms with Gasteiger partial charge in [-0.25, -0.2) is 9.59 Å². The second kappa shape index (κ2) is 4.75. The Labute approximate surface area is 106 Å². The van der Waals surface area contributed by atoms with E-state index in [9.17, 15) is 9.59 Å². The standard InChI is InChI=1S/C11H11BrN2O3/c12-8-3-1-2-7(10(15)16)9(8)14-11(17)13-6-4-5-6/h1-3,6H,4-5H2,(H,15,16)(H2,13,14,17). The van der Waals surface area contributed by atoms with Gasteiger partial charge in [0, 0.05) is 10.5 Å². The van der Waals surface area contributed by atoms with Gasteiger partial charge in [-0.15, -0.1) is 0 Å². The summed E-state index contributed by atoms with van der Waals surface area (Å²) in [4.78, 5) is 22.6. The highest BCUT2D eigenvalue weighted by Gasteiger charge is 2.24. The molecule has 1 aromatic rings. The summed E-state index contributed by atoms with van der Waals surface area (Å²) in [5, 5.41) is 14.3. The molecule has 1 aliphatic rings. The Morgan fingerprint density at radius 3 is 2.65 bits per heavy atom. The number of nitrogens with one attached hydrogen (secondary N) is 2. The van der Waals surface area contributed by atoms with E-state index in [1.54, 1.807) is 12.1 Å². The van der Waals surface area contributed by atoms with E-state index < -0.39 is 5.97 Å². The van der Waals surface area contributed by atoms with Crippen molar-refractivity contribution in [2.24, 2.45) is 0 Å².